The third-order valence-electron chi connectivity index (χ3n) is 13.0. The van der Waals surface area contributed by atoms with Crippen molar-refractivity contribution < 1.29 is 0 Å². The molecule has 0 aliphatic heterocycles. The first kappa shape index (κ1) is 38.9. The van der Waals surface area contributed by atoms with Crippen LogP contribution in [0.1, 0.15) is 0 Å². The number of nitrogens with zero attached hydrogens (tertiary/aromatic N) is 2. The summed E-state index contributed by atoms with van der Waals surface area (Å²) in [5.41, 5.74) is 18.5. The van der Waals surface area contributed by atoms with E-state index < -0.39 is 0 Å². The second kappa shape index (κ2) is 16.8. The second-order valence-electron chi connectivity index (χ2n) is 16.9. The summed E-state index contributed by atoms with van der Waals surface area (Å²) in [5, 5.41) is 4.97. The van der Waals surface area contributed by atoms with Gasteiger partial charge < -0.3 is 9.47 Å². The lowest BCUT2D eigenvalue weighted by Gasteiger charge is -2.29. The first-order chi connectivity index (χ1) is 32.7. The second-order valence-corrected chi connectivity index (χ2v) is 16.9. The Morgan fingerprint density at radius 2 is 0.758 bits per heavy atom. The van der Waals surface area contributed by atoms with Gasteiger partial charge in [-0.25, -0.2) is 0 Å². The van der Waals surface area contributed by atoms with E-state index in [4.69, 9.17) is 0 Å². The molecule has 0 radical (unpaired) electrons. The van der Waals surface area contributed by atoms with Crippen molar-refractivity contribution in [2.75, 3.05) is 4.90 Å². The van der Waals surface area contributed by atoms with E-state index in [0.29, 0.717) is 0 Å². The van der Waals surface area contributed by atoms with Gasteiger partial charge in [0, 0.05) is 33.3 Å². The number of hydrogen-bond donors (Lipinski definition) is 0. The molecule has 0 fully saturated rings. The fraction of sp³-hybridized carbons (Fsp3) is 0. The number of hydrogen-bond acceptors (Lipinski definition) is 1. The van der Waals surface area contributed by atoms with Crippen molar-refractivity contribution in [1.82, 2.24) is 4.57 Å². The van der Waals surface area contributed by atoms with Gasteiger partial charge in [0.25, 0.3) is 0 Å². The van der Waals surface area contributed by atoms with Crippen LogP contribution >= 0.6 is 0 Å². The predicted molar refractivity (Wildman–Crippen MR) is 280 cm³/mol. The smallest absolute Gasteiger partial charge is 0.0541 e. The molecule has 12 rings (SSSR count). The van der Waals surface area contributed by atoms with Crippen LogP contribution in [0.25, 0.3) is 93.9 Å². The Kier molecular flexibility index (Phi) is 9.89. The van der Waals surface area contributed by atoms with Crippen LogP contribution in [0.4, 0.5) is 17.1 Å². The topological polar surface area (TPSA) is 8.17 Å². The summed E-state index contributed by atoms with van der Waals surface area (Å²) in [6.45, 7) is 0. The van der Waals surface area contributed by atoms with Crippen LogP contribution in [0.2, 0.25) is 0 Å². The third kappa shape index (κ3) is 7.02. The lowest BCUT2D eigenvalue weighted by Crippen LogP contribution is -2.11. The Bertz CT molecular complexity index is 3640. The van der Waals surface area contributed by atoms with E-state index in [1.807, 2.05) is 0 Å². The van der Waals surface area contributed by atoms with Crippen molar-refractivity contribution in [1.29, 1.82) is 0 Å². The van der Waals surface area contributed by atoms with Crippen LogP contribution in [-0.4, -0.2) is 4.57 Å². The molecule has 0 spiro atoms. The van der Waals surface area contributed by atoms with Crippen molar-refractivity contribution >= 4 is 49.6 Å². The van der Waals surface area contributed by atoms with E-state index in [2.05, 4.69) is 276 Å². The van der Waals surface area contributed by atoms with E-state index in [1.165, 1.54) is 71.5 Å². The molecule has 1 heterocycles. The summed E-state index contributed by atoms with van der Waals surface area (Å²) in [6.07, 6.45) is 0. The van der Waals surface area contributed by atoms with Gasteiger partial charge in [-0.05, 0) is 116 Å². The van der Waals surface area contributed by atoms with Crippen LogP contribution in [0.5, 0.6) is 0 Å². The summed E-state index contributed by atoms with van der Waals surface area (Å²) in [4.78, 5) is 2.43. The summed E-state index contributed by atoms with van der Waals surface area (Å²) in [7, 11) is 0. The Morgan fingerprint density at radius 1 is 0.258 bits per heavy atom. The molecule has 66 heavy (non-hydrogen) atoms. The Balaban J connectivity index is 1.04. The minimum absolute atomic E-state index is 1.07. The van der Waals surface area contributed by atoms with Crippen LogP contribution < -0.4 is 4.90 Å². The highest BCUT2D eigenvalue weighted by molar-refractivity contribution is 6.10. The molecule has 0 amide bonds. The average Bonchev–Trinajstić information content (AvgIpc) is 3.74. The lowest BCUT2D eigenvalue weighted by molar-refractivity contribution is 1.18. The Hall–Kier alpha value is -8.72. The Labute approximate surface area is 385 Å². The molecule has 0 N–H and O–H groups in total. The summed E-state index contributed by atoms with van der Waals surface area (Å²) in [6, 6.07) is 97.0. The van der Waals surface area contributed by atoms with Crippen LogP contribution in [0.3, 0.4) is 0 Å². The van der Waals surface area contributed by atoms with Gasteiger partial charge in [-0.2, -0.15) is 0 Å². The molecule has 0 unspecified atom stereocenters. The summed E-state index contributed by atoms with van der Waals surface area (Å²) in [5.74, 6) is 0. The van der Waals surface area contributed by atoms with Gasteiger partial charge in [-0.3, -0.25) is 0 Å². The molecule has 0 bridgehead atoms. The van der Waals surface area contributed by atoms with Gasteiger partial charge in [0.15, 0.2) is 0 Å². The SMILES string of the molecule is c1ccc(-c2cccc(-c3ccc(N(c4cccc(-c5cccc6ccccc56)c4)c4ccc(-c5ccccc5-n5c6ccccc6c6ccccc65)cc4-c4ccccc4)cc3)c2)cc1. The minimum Gasteiger partial charge on any atom is -0.310 e. The van der Waals surface area contributed by atoms with E-state index in [1.54, 1.807) is 0 Å². The van der Waals surface area contributed by atoms with Crippen molar-refractivity contribution in [3.8, 4) is 61.3 Å². The molecule has 0 aliphatic carbocycles. The number of anilines is 3. The molecule has 0 saturated heterocycles. The fourth-order valence-electron chi connectivity index (χ4n) is 9.87. The molecule has 0 saturated carbocycles. The average molecular weight is 841 g/mol. The number of aromatic nitrogens is 1. The van der Waals surface area contributed by atoms with Gasteiger partial charge in [-0.1, -0.05) is 206 Å². The number of rotatable bonds is 9. The first-order valence-electron chi connectivity index (χ1n) is 22.7. The highest BCUT2D eigenvalue weighted by atomic mass is 15.1. The van der Waals surface area contributed by atoms with Crippen LogP contribution in [0.15, 0.2) is 267 Å². The van der Waals surface area contributed by atoms with Crippen molar-refractivity contribution in [2.45, 2.75) is 0 Å². The largest absolute Gasteiger partial charge is 0.310 e. The Morgan fingerprint density at radius 3 is 1.50 bits per heavy atom. The van der Waals surface area contributed by atoms with E-state index in [-0.39, 0.29) is 0 Å². The molecule has 12 aromatic rings. The van der Waals surface area contributed by atoms with Crippen molar-refractivity contribution in [3.05, 3.63) is 267 Å². The zero-order chi connectivity index (χ0) is 43.8. The summed E-state index contributed by atoms with van der Waals surface area (Å²) < 4.78 is 2.43. The zero-order valence-corrected chi connectivity index (χ0v) is 36.3. The lowest BCUT2D eigenvalue weighted by atomic mass is 9.94. The first-order valence-corrected chi connectivity index (χ1v) is 22.7. The molecule has 0 aliphatic rings. The van der Waals surface area contributed by atoms with Gasteiger partial charge in [0.2, 0.25) is 0 Å². The predicted octanol–water partition coefficient (Wildman–Crippen LogP) is 17.7. The van der Waals surface area contributed by atoms with Crippen molar-refractivity contribution in [3.63, 3.8) is 0 Å². The van der Waals surface area contributed by atoms with Crippen LogP contribution in [0, 0.1) is 0 Å². The molecule has 11 aromatic carbocycles. The number of fused-ring (bicyclic) bond motifs is 4. The van der Waals surface area contributed by atoms with Gasteiger partial charge in [0.1, 0.15) is 0 Å². The quantitative estimate of drug-likeness (QED) is 0.141. The normalized spacial score (nSPS) is 11.3. The van der Waals surface area contributed by atoms with Gasteiger partial charge in [0.05, 0.1) is 22.4 Å². The van der Waals surface area contributed by atoms with Crippen LogP contribution in [-0.2, 0) is 0 Å². The standard InChI is InChI=1S/C64H44N2/c1-3-18-45(19-4-1)49-24-15-25-50(42-49)46-36-39-53(40-37-46)65(54-27-16-26-51(43-54)56-32-17-23-47-22-7-8-28-55(47)56)64-41-38-52(44-60(64)48-20-5-2-6-21-48)57-29-9-12-33-61(57)66-62-34-13-10-30-58(62)59-31-11-14-35-63(59)66/h1-44H. The molecule has 2 nitrogen and oxygen atoms in total. The monoisotopic (exact) mass is 840 g/mol. The van der Waals surface area contributed by atoms with E-state index in [0.717, 1.165) is 39.4 Å². The number of benzene rings is 11. The summed E-state index contributed by atoms with van der Waals surface area (Å²) >= 11 is 0. The highest BCUT2D eigenvalue weighted by Crippen LogP contribution is 2.45. The highest BCUT2D eigenvalue weighted by Gasteiger charge is 2.21. The maximum absolute atomic E-state index is 2.43. The molecule has 0 atom stereocenters. The van der Waals surface area contributed by atoms with Gasteiger partial charge >= 0.3 is 0 Å². The van der Waals surface area contributed by atoms with E-state index in [9.17, 15) is 0 Å². The molecule has 2 heteroatoms. The maximum Gasteiger partial charge on any atom is 0.0541 e. The fourth-order valence-corrected chi connectivity index (χ4v) is 9.87. The molecule has 310 valence electrons. The van der Waals surface area contributed by atoms with E-state index >= 15 is 0 Å². The van der Waals surface area contributed by atoms with Gasteiger partial charge in [-0.15, -0.1) is 0 Å². The third-order valence-corrected chi connectivity index (χ3v) is 13.0. The maximum atomic E-state index is 2.43. The van der Waals surface area contributed by atoms with Crippen molar-refractivity contribution in [2.24, 2.45) is 0 Å². The molecule has 1 aromatic heterocycles. The molecular weight excluding hydrogens is 797 g/mol. The molecular formula is C64H44N2. The minimum atomic E-state index is 1.07. The zero-order valence-electron chi connectivity index (χ0n) is 36.3. The number of para-hydroxylation sites is 3.